The second-order valence-corrected chi connectivity index (χ2v) is 6.89. The Balaban J connectivity index is 1.51. The van der Waals surface area contributed by atoms with Gasteiger partial charge in [0.1, 0.15) is 0 Å². The predicted molar refractivity (Wildman–Crippen MR) is 87.3 cm³/mol. The van der Waals surface area contributed by atoms with Crippen molar-refractivity contribution < 1.29 is 9.90 Å². The van der Waals surface area contributed by atoms with E-state index in [1.807, 2.05) is 12.1 Å². The van der Waals surface area contributed by atoms with Crippen molar-refractivity contribution in [1.29, 1.82) is 0 Å². The molecule has 2 aliphatic rings. The number of hydrogen-bond donors (Lipinski definition) is 1. The van der Waals surface area contributed by atoms with Crippen molar-refractivity contribution in [3.63, 3.8) is 0 Å². The first-order valence-electron chi connectivity index (χ1n) is 8.36. The van der Waals surface area contributed by atoms with Crippen LogP contribution in [0.2, 0.25) is 0 Å². The summed E-state index contributed by atoms with van der Waals surface area (Å²) in [6.07, 6.45) is 4.95. The minimum atomic E-state index is -0.846. The van der Waals surface area contributed by atoms with Crippen LogP contribution in [0, 0.1) is 5.92 Å². The second kappa shape index (κ2) is 6.80. The normalized spacial score (nSPS) is 24.7. The summed E-state index contributed by atoms with van der Waals surface area (Å²) in [7, 11) is 2.21. The molecule has 2 fully saturated rings. The fraction of sp³-hybridized carbons (Fsp3) is 0.611. The van der Waals surface area contributed by atoms with Crippen LogP contribution in [0.4, 0.5) is 0 Å². The first-order valence-corrected chi connectivity index (χ1v) is 8.36. The quantitative estimate of drug-likeness (QED) is 0.927. The Morgan fingerprint density at radius 3 is 2.45 bits per heavy atom. The van der Waals surface area contributed by atoms with Crippen molar-refractivity contribution in [3.05, 3.63) is 35.4 Å². The van der Waals surface area contributed by atoms with Crippen LogP contribution in [-0.2, 0) is 6.42 Å². The third-order valence-corrected chi connectivity index (χ3v) is 5.25. The number of hydrogen-bond acceptors (Lipinski definition) is 3. The number of rotatable bonds is 4. The van der Waals surface area contributed by atoms with Gasteiger partial charge in [-0.15, -0.1) is 0 Å². The van der Waals surface area contributed by atoms with Gasteiger partial charge in [0.15, 0.2) is 0 Å². The zero-order valence-corrected chi connectivity index (χ0v) is 13.4. The van der Waals surface area contributed by atoms with E-state index in [0.29, 0.717) is 5.56 Å². The lowest BCUT2D eigenvalue weighted by molar-refractivity contribution is 0.0697. The average Bonchev–Trinajstić information content (AvgIpc) is 2.97. The molecule has 0 aliphatic carbocycles. The molecule has 0 radical (unpaired) electrons. The maximum Gasteiger partial charge on any atom is 0.335 e. The molecule has 0 saturated carbocycles. The number of nitrogens with zero attached hydrogens (tertiary/aromatic N) is 2. The lowest BCUT2D eigenvalue weighted by atomic mass is 9.97. The highest BCUT2D eigenvalue weighted by Crippen LogP contribution is 2.26. The van der Waals surface area contributed by atoms with Gasteiger partial charge in [0.2, 0.25) is 0 Å². The van der Waals surface area contributed by atoms with Crippen molar-refractivity contribution >= 4 is 5.97 Å². The van der Waals surface area contributed by atoms with Crippen molar-refractivity contribution in [2.45, 2.75) is 31.7 Å². The lowest BCUT2D eigenvalue weighted by Gasteiger charge is -2.35. The van der Waals surface area contributed by atoms with Crippen LogP contribution in [0.15, 0.2) is 24.3 Å². The van der Waals surface area contributed by atoms with Crippen LogP contribution >= 0.6 is 0 Å². The Bertz CT molecular complexity index is 506. The third kappa shape index (κ3) is 3.68. The largest absolute Gasteiger partial charge is 0.478 e. The van der Waals surface area contributed by atoms with E-state index in [9.17, 15) is 4.79 Å². The summed E-state index contributed by atoms with van der Waals surface area (Å²) in [5, 5.41) is 8.95. The van der Waals surface area contributed by atoms with E-state index in [1.165, 1.54) is 51.0 Å². The Kier molecular flexibility index (Phi) is 4.79. The molecular weight excluding hydrogens is 276 g/mol. The van der Waals surface area contributed by atoms with Gasteiger partial charge in [-0.05, 0) is 76.0 Å². The number of carboxylic acids is 1. The van der Waals surface area contributed by atoms with Crippen LogP contribution in [0.3, 0.4) is 0 Å². The number of likely N-dealkylation sites (tertiary alicyclic amines) is 2. The van der Waals surface area contributed by atoms with E-state index in [4.69, 9.17) is 5.11 Å². The second-order valence-electron chi connectivity index (χ2n) is 6.89. The fourth-order valence-electron chi connectivity index (χ4n) is 3.84. The molecule has 2 heterocycles. The highest BCUT2D eigenvalue weighted by Gasteiger charge is 2.29. The van der Waals surface area contributed by atoms with E-state index in [0.717, 1.165) is 18.4 Å². The SMILES string of the molecule is CN1CCC(N2CCC(Cc3ccc(C(=O)O)cc3)C2)CC1. The summed E-state index contributed by atoms with van der Waals surface area (Å²) < 4.78 is 0. The summed E-state index contributed by atoms with van der Waals surface area (Å²) in [5.74, 6) is -0.129. The molecule has 1 N–H and O–H groups in total. The molecule has 4 nitrogen and oxygen atoms in total. The van der Waals surface area contributed by atoms with Crippen molar-refractivity contribution in [1.82, 2.24) is 9.80 Å². The molecule has 1 aromatic rings. The van der Waals surface area contributed by atoms with E-state index in [2.05, 4.69) is 16.8 Å². The summed E-state index contributed by atoms with van der Waals surface area (Å²) in [6, 6.07) is 8.17. The molecular formula is C18H26N2O2. The average molecular weight is 302 g/mol. The van der Waals surface area contributed by atoms with Crippen molar-refractivity contribution in [2.75, 3.05) is 33.2 Å². The molecule has 2 aliphatic heterocycles. The number of benzene rings is 1. The minimum absolute atomic E-state index is 0.378. The predicted octanol–water partition coefficient (Wildman–Crippen LogP) is 2.34. The number of carbonyl (C=O) groups is 1. The molecule has 1 aromatic carbocycles. The molecule has 22 heavy (non-hydrogen) atoms. The summed E-state index contributed by atoms with van der Waals surface area (Å²) in [4.78, 5) is 16.0. The molecule has 120 valence electrons. The zero-order chi connectivity index (χ0) is 15.5. The van der Waals surface area contributed by atoms with Crippen LogP contribution in [0.1, 0.15) is 35.2 Å². The van der Waals surface area contributed by atoms with Gasteiger partial charge in [-0.25, -0.2) is 4.79 Å². The lowest BCUT2D eigenvalue weighted by Crippen LogP contribution is -2.42. The van der Waals surface area contributed by atoms with E-state index < -0.39 is 5.97 Å². The molecule has 0 bridgehead atoms. The van der Waals surface area contributed by atoms with Crippen LogP contribution < -0.4 is 0 Å². The van der Waals surface area contributed by atoms with E-state index >= 15 is 0 Å². The maximum absolute atomic E-state index is 10.9. The number of aromatic carboxylic acids is 1. The highest BCUT2D eigenvalue weighted by molar-refractivity contribution is 5.87. The number of piperidine rings is 1. The topological polar surface area (TPSA) is 43.8 Å². The summed E-state index contributed by atoms with van der Waals surface area (Å²) in [6.45, 7) is 4.88. The molecule has 2 saturated heterocycles. The molecule has 3 rings (SSSR count). The summed E-state index contributed by atoms with van der Waals surface area (Å²) >= 11 is 0. The van der Waals surface area contributed by atoms with Gasteiger partial charge in [-0.3, -0.25) is 4.90 Å². The Labute approximate surface area is 132 Å². The molecule has 1 unspecified atom stereocenters. The van der Waals surface area contributed by atoms with E-state index in [-0.39, 0.29) is 0 Å². The monoisotopic (exact) mass is 302 g/mol. The minimum Gasteiger partial charge on any atom is -0.478 e. The van der Waals surface area contributed by atoms with Gasteiger partial charge in [0.05, 0.1) is 5.56 Å². The standard InChI is InChI=1S/C18H26N2O2/c1-19-9-7-17(8-10-19)20-11-6-15(13-20)12-14-2-4-16(5-3-14)18(21)22/h2-5,15,17H,6-13H2,1H3,(H,21,22). The van der Waals surface area contributed by atoms with Gasteiger partial charge in [0.25, 0.3) is 0 Å². The number of carboxylic acid groups (broad SMARTS) is 1. The first-order chi connectivity index (χ1) is 10.6. The maximum atomic E-state index is 10.9. The molecule has 0 aromatic heterocycles. The smallest absolute Gasteiger partial charge is 0.335 e. The van der Waals surface area contributed by atoms with Gasteiger partial charge in [0, 0.05) is 12.6 Å². The van der Waals surface area contributed by atoms with Crippen LogP contribution in [0.5, 0.6) is 0 Å². The Hall–Kier alpha value is -1.39. The molecule has 4 heteroatoms. The molecule has 1 atom stereocenters. The van der Waals surface area contributed by atoms with E-state index in [1.54, 1.807) is 12.1 Å². The van der Waals surface area contributed by atoms with Crippen LogP contribution in [-0.4, -0.2) is 60.1 Å². The van der Waals surface area contributed by atoms with Gasteiger partial charge < -0.3 is 10.0 Å². The van der Waals surface area contributed by atoms with Gasteiger partial charge >= 0.3 is 5.97 Å². The fourth-order valence-corrected chi connectivity index (χ4v) is 3.84. The van der Waals surface area contributed by atoms with Crippen molar-refractivity contribution in [3.8, 4) is 0 Å². The highest BCUT2D eigenvalue weighted by atomic mass is 16.4. The third-order valence-electron chi connectivity index (χ3n) is 5.25. The Morgan fingerprint density at radius 2 is 1.82 bits per heavy atom. The molecule has 0 spiro atoms. The van der Waals surface area contributed by atoms with Crippen LogP contribution in [0.25, 0.3) is 0 Å². The van der Waals surface area contributed by atoms with Gasteiger partial charge in [-0.2, -0.15) is 0 Å². The summed E-state index contributed by atoms with van der Waals surface area (Å²) in [5.41, 5.74) is 1.64. The van der Waals surface area contributed by atoms with Crippen molar-refractivity contribution in [2.24, 2.45) is 5.92 Å². The molecule has 0 amide bonds. The zero-order valence-electron chi connectivity index (χ0n) is 13.4. The van der Waals surface area contributed by atoms with Gasteiger partial charge in [-0.1, -0.05) is 12.1 Å². The first kappa shape index (κ1) is 15.5. The Morgan fingerprint density at radius 1 is 1.14 bits per heavy atom.